The van der Waals surface area contributed by atoms with Gasteiger partial charge in [-0.2, -0.15) is 0 Å². The highest BCUT2D eigenvalue weighted by Crippen LogP contribution is 2.07. The first-order valence-corrected chi connectivity index (χ1v) is 8.48. The second-order valence-electron chi connectivity index (χ2n) is 6.50. The molecule has 2 amide bonds. The molecule has 0 aliphatic carbocycles. The van der Waals surface area contributed by atoms with Crippen LogP contribution in [0.4, 0.5) is 0 Å². The van der Waals surface area contributed by atoms with Crippen molar-refractivity contribution in [2.75, 3.05) is 13.1 Å². The lowest BCUT2D eigenvalue weighted by Crippen LogP contribution is -2.28. The Bertz CT molecular complexity index is 289. The molecule has 0 heterocycles. The third-order valence-electron chi connectivity index (χ3n) is 3.43. The monoisotopic (exact) mass is 298 g/mol. The number of carbonyl (C=O) groups excluding carboxylic acids is 2. The van der Waals surface area contributed by atoms with Gasteiger partial charge in [0, 0.05) is 25.4 Å². The highest BCUT2D eigenvalue weighted by molar-refractivity contribution is 5.77. The first-order chi connectivity index (χ1) is 9.93. The van der Waals surface area contributed by atoms with Crippen molar-refractivity contribution in [3.63, 3.8) is 0 Å². The summed E-state index contributed by atoms with van der Waals surface area (Å²) in [5.74, 6) is 1.07. The summed E-state index contributed by atoms with van der Waals surface area (Å²) in [5.41, 5.74) is 0. The molecular formula is C17H34N2O2. The molecule has 0 radical (unpaired) electrons. The Morgan fingerprint density at radius 2 is 1.43 bits per heavy atom. The zero-order chi connectivity index (χ0) is 16.1. The smallest absolute Gasteiger partial charge is 0.222 e. The molecule has 2 N–H and O–H groups in total. The van der Waals surface area contributed by atoms with Crippen LogP contribution in [0.2, 0.25) is 0 Å². The lowest BCUT2D eigenvalue weighted by Gasteiger charge is -2.08. The van der Waals surface area contributed by atoms with Crippen molar-refractivity contribution >= 4 is 11.8 Å². The molecular weight excluding hydrogens is 264 g/mol. The highest BCUT2D eigenvalue weighted by atomic mass is 16.2. The van der Waals surface area contributed by atoms with Gasteiger partial charge in [0.25, 0.3) is 0 Å². The Labute approximate surface area is 130 Å². The molecule has 4 heteroatoms. The quantitative estimate of drug-likeness (QED) is 0.543. The van der Waals surface area contributed by atoms with Crippen LogP contribution in [-0.4, -0.2) is 24.9 Å². The molecule has 0 aromatic carbocycles. The van der Waals surface area contributed by atoms with Crippen LogP contribution in [0.15, 0.2) is 0 Å². The lowest BCUT2D eigenvalue weighted by atomic mass is 10.1. The van der Waals surface area contributed by atoms with E-state index in [1.807, 2.05) is 13.8 Å². The van der Waals surface area contributed by atoms with Gasteiger partial charge in [-0.05, 0) is 31.6 Å². The van der Waals surface area contributed by atoms with Gasteiger partial charge in [0.15, 0.2) is 0 Å². The molecule has 0 aromatic rings. The maximum atomic E-state index is 11.6. The van der Waals surface area contributed by atoms with Crippen LogP contribution in [-0.2, 0) is 9.59 Å². The third kappa shape index (κ3) is 13.7. The van der Waals surface area contributed by atoms with Gasteiger partial charge in [0.05, 0.1) is 0 Å². The predicted molar refractivity (Wildman–Crippen MR) is 88.0 cm³/mol. The van der Waals surface area contributed by atoms with Crippen molar-refractivity contribution < 1.29 is 9.59 Å². The fourth-order valence-electron chi connectivity index (χ4n) is 2.00. The van der Waals surface area contributed by atoms with Crippen molar-refractivity contribution in [1.82, 2.24) is 10.6 Å². The van der Waals surface area contributed by atoms with Crippen molar-refractivity contribution in [3.05, 3.63) is 0 Å². The number of carbonyl (C=O) groups is 2. The second-order valence-corrected chi connectivity index (χ2v) is 6.50. The van der Waals surface area contributed by atoms with Gasteiger partial charge >= 0.3 is 0 Å². The Hall–Kier alpha value is -1.06. The topological polar surface area (TPSA) is 58.2 Å². The molecule has 21 heavy (non-hydrogen) atoms. The Morgan fingerprint density at radius 1 is 0.810 bits per heavy atom. The number of rotatable bonds is 12. The summed E-state index contributed by atoms with van der Waals surface area (Å²) < 4.78 is 0. The van der Waals surface area contributed by atoms with Crippen molar-refractivity contribution in [2.24, 2.45) is 11.8 Å². The average molecular weight is 298 g/mol. The van der Waals surface area contributed by atoms with Gasteiger partial charge in [-0.25, -0.2) is 0 Å². The Balaban J connectivity index is 3.31. The molecule has 124 valence electrons. The van der Waals surface area contributed by atoms with Crippen LogP contribution in [0.5, 0.6) is 0 Å². The van der Waals surface area contributed by atoms with E-state index in [4.69, 9.17) is 0 Å². The van der Waals surface area contributed by atoms with Gasteiger partial charge in [0.1, 0.15) is 0 Å². The van der Waals surface area contributed by atoms with E-state index in [1.165, 1.54) is 6.42 Å². The summed E-state index contributed by atoms with van der Waals surface area (Å²) in [6.07, 6.45) is 6.97. The van der Waals surface area contributed by atoms with E-state index >= 15 is 0 Å². The number of amides is 2. The lowest BCUT2D eigenvalue weighted by molar-refractivity contribution is -0.124. The summed E-state index contributed by atoms with van der Waals surface area (Å²) in [7, 11) is 0. The fourth-order valence-corrected chi connectivity index (χ4v) is 2.00. The third-order valence-corrected chi connectivity index (χ3v) is 3.43. The van der Waals surface area contributed by atoms with Crippen molar-refractivity contribution in [1.29, 1.82) is 0 Å². The van der Waals surface area contributed by atoms with Crippen LogP contribution in [0, 0.1) is 11.8 Å². The summed E-state index contributed by atoms with van der Waals surface area (Å²) in [6.45, 7) is 9.70. The van der Waals surface area contributed by atoms with Gasteiger partial charge in [-0.3, -0.25) is 9.59 Å². The Morgan fingerprint density at radius 3 is 2.00 bits per heavy atom. The van der Waals surface area contributed by atoms with Gasteiger partial charge in [-0.1, -0.05) is 40.5 Å². The van der Waals surface area contributed by atoms with Crippen LogP contribution in [0.3, 0.4) is 0 Å². The molecule has 0 bridgehead atoms. The summed E-state index contributed by atoms with van der Waals surface area (Å²) in [4.78, 5) is 22.9. The molecule has 0 rings (SSSR count). The molecule has 0 saturated carbocycles. The first kappa shape index (κ1) is 19.9. The molecule has 0 atom stereocenters. The van der Waals surface area contributed by atoms with Crippen molar-refractivity contribution in [3.8, 4) is 0 Å². The molecule has 0 fully saturated rings. The van der Waals surface area contributed by atoms with E-state index in [0.29, 0.717) is 6.42 Å². The molecule has 0 aromatic heterocycles. The summed E-state index contributed by atoms with van der Waals surface area (Å²) in [6, 6.07) is 0. The van der Waals surface area contributed by atoms with E-state index in [1.54, 1.807) is 0 Å². The van der Waals surface area contributed by atoms with Crippen LogP contribution < -0.4 is 10.6 Å². The number of hydrogen-bond acceptors (Lipinski definition) is 2. The minimum absolute atomic E-state index is 0.0555. The van der Waals surface area contributed by atoms with E-state index < -0.39 is 0 Å². The Kier molecular flexibility index (Phi) is 12.0. The molecule has 0 saturated heterocycles. The summed E-state index contributed by atoms with van der Waals surface area (Å²) >= 11 is 0. The normalized spacial score (nSPS) is 11.0. The average Bonchev–Trinajstić information content (AvgIpc) is 2.41. The van der Waals surface area contributed by atoms with Crippen LogP contribution in [0.25, 0.3) is 0 Å². The SMILES string of the molecule is CC(C)CCCCC(=O)NCCCCCNC(=O)C(C)C. The van der Waals surface area contributed by atoms with E-state index in [2.05, 4.69) is 24.5 Å². The van der Waals surface area contributed by atoms with Crippen molar-refractivity contribution in [2.45, 2.75) is 72.6 Å². The summed E-state index contributed by atoms with van der Waals surface area (Å²) in [5, 5.41) is 5.86. The molecule has 0 spiro atoms. The van der Waals surface area contributed by atoms with Gasteiger partial charge < -0.3 is 10.6 Å². The fraction of sp³-hybridized carbons (Fsp3) is 0.882. The minimum atomic E-state index is 0.0555. The maximum absolute atomic E-state index is 11.6. The number of unbranched alkanes of at least 4 members (excludes halogenated alkanes) is 3. The van der Waals surface area contributed by atoms with E-state index in [-0.39, 0.29) is 17.7 Å². The standard InChI is InChI=1S/C17H34N2O2/c1-14(2)10-6-7-11-16(20)18-12-8-5-9-13-19-17(21)15(3)4/h14-15H,5-13H2,1-4H3,(H,18,20)(H,19,21). The second kappa shape index (κ2) is 12.7. The van der Waals surface area contributed by atoms with Crippen LogP contribution >= 0.6 is 0 Å². The molecule has 0 aliphatic heterocycles. The minimum Gasteiger partial charge on any atom is -0.356 e. The van der Waals surface area contributed by atoms with Crippen LogP contribution in [0.1, 0.15) is 72.6 Å². The first-order valence-electron chi connectivity index (χ1n) is 8.48. The largest absolute Gasteiger partial charge is 0.356 e. The highest BCUT2D eigenvalue weighted by Gasteiger charge is 2.05. The molecule has 0 aliphatic rings. The van der Waals surface area contributed by atoms with E-state index in [0.717, 1.165) is 51.1 Å². The maximum Gasteiger partial charge on any atom is 0.222 e. The molecule has 4 nitrogen and oxygen atoms in total. The van der Waals surface area contributed by atoms with E-state index in [9.17, 15) is 9.59 Å². The zero-order valence-electron chi connectivity index (χ0n) is 14.3. The van der Waals surface area contributed by atoms with Gasteiger partial charge in [0.2, 0.25) is 11.8 Å². The van der Waals surface area contributed by atoms with Gasteiger partial charge in [-0.15, -0.1) is 0 Å². The number of hydrogen-bond donors (Lipinski definition) is 2. The zero-order valence-corrected chi connectivity index (χ0v) is 14.3. The number of nitrogens with one attached hydrogen (secondary N) is 2. The predicted octanol–water partition coefficient (Wildman–Crippen LogP) is 3.26. The molecule has 0 unspecified atom stereocenters.